The number of piperazine rings is 1. The Balaban J connectivity index is 1.64. The lowest BCUT2D eigenvalue weighted by Gasteiger charge is -2.38. The van der Waals surface area contributed by atoms with Gasteiger partial charge in [-0.05, 0) is 29.2 Å². The number of nitrogens with zero attached hydrogens (tertiary/aromatic N) is 2. The molecule has 1 aliphatic carbocycles. The van der Waals surface area contributed by atoms with Crippen LogP contribution < -0.4 is 0 Å². The van der Waals surface area contributed by atoms with Gasteiger partial charge in [0.25, 0.3) is 0 Å². The molecule has 2 aliphatic rings. The summed E-state index contributed by atoms with van der Waals surface area (Å²) >= 11 is 0. The molecule has 1 saturated heterocycles. The summed E-state index contributed by atoms with van der Waals surface area (Å²) in [6, 6.07) is 17.4. The summed E-state index contributed by atoms with van der Waals surface area (Å²) in [4.78, 5) is 2.42. The Morgan fingerprint density at radius 1 is 0.875 bits per heavy atom. The number of hydrogen-bond donors (Lipinski definition) is 0. The molecule has 2 aromatic carbocycles. The molecular weight excluding hydrogens is 320 g/mol. The number of fused-ring (bicyclic) bond motifs is 3. The molecule has 0 amide bonds. The van der Waals surface area contributed by atoms with Crippen molar-refractivity contribution in [2.24, 2.45) is 0 Å². The van der Waals surface area contributed by atoms with E-state index in [4.69, 9.17) is 0 Å². The van der Waals surface area contributed by atoms with E-state index in [-0.39, 0.29) is 11.8 Å². The highest BCUT2D eigenvalue weighted by atomic mass is 32.2. The van der Waals surface area contributed by atoms with Gasteiger partial charge in [-0.25, -0.2) is 8.42 Å². The maximum atomic E-state index is 12.1. The molecule has 0 atom stereocenters. The molecule has 4 rings (SSSR count). The topological polar surface area (TPSA) is 40.6 Å². The van der Waals surface area contributed by atoms with Crippen molar-refractivity contribution in [2.45, 2.75) is 13.0 Å². The second-order valence-electron chi connectivity index (χ2n) is 6.41. The second-order valence-corrected chi connectivity index (χ2v) is 8.67. The predicted molar refractivity (Wildman–Crippen MR) is 96.3 cm³/mol. The van der Waals surface area contributed by atoms with Crippen LogP contribution in [0.3, 0.4) is 0 Å². The SMILES string of the molecule is CCS(=O)(=O)N1CCN(C2c3ccccc3-c3ccccc32)CC1. The molecule has 0 spiro atoms. The Hall–Kier alpha value is -1.69. The van der Waals surface area contributed by atoms with Crippen molar-refractivity contribution in [3.8, 4) is 11.1 Å². The summed E-state index contributed by atoms with van der Waals surface area (Å²) < 4.78 is 25.8. The van der Waals surface area contributed by atoms with Crippen molar-refractivity contribution in [3.05, 3.63) is 59.7 Å². The summed E-state index contributed by atoms with van der Waals surface area (Å²) in [5.41, 5.74) is 5.29. The first-order valence-corrected chi connectivity index (χ1v) is 10.1. The number of rotatable bonds is 3. The van der Waals surface area contributed by atoms with E-state index in [2.05, 4.69) is 53.4 Å². The van der Waals surface area contributed by atoms with Gasteiger partial charge in [-0.3, -0.25) is 4.90 Å². The van der Waals surface area contributed by atoms with Crippen LogP contribution in [-0.4, -0.2) is 49.6 Å². The van der Waals surface area contributed by atoms with Crippen molar-refractivity contribution < 1.29 is 8.42 Å². The van der Waals surface area contributed by atoms with Gasteiger partial charge in [-0.15, -0.1) is 0 Å². The van der Waals surface area contributed by atoms with Crippen LogP contribution >= 0.6 is 0 Å². The summed E-state index contributed by atoms with van der Waals surface area (Å²) in [7, 11) is -3.08. The van der Waals surface area contributed by atoms with Crippen LogP contribution in [-0.2, 0) is 10.0 Å². The van der Waals surface area contributed by atoms with Gasteiger partial charge >= 0.3 is 0 Å². The van der Waals surface area contributed by atoms with Crippen molar-refractivity contribution in [3.63, 3.8) is 0 Å². The molecule has 24 heavy (non-hydrogen) atoms. The van der Waals surface area contributed by atoms with Crippen LogP contribution in [0.1, 0.15) is 24.1 Å². The molecule has 2 aromatic rings. The fraction of sp³-hybridized carbons (Fsp3) is 0.368. The lowest BCUT2D eigenvalue weighted by atomic mass is 10.0. The third kappa shape index (κ3) is 2.48. The number of sulfonamides is 1. The van der Waals surface area contributed by atoms with Crippen molar-refractivity contribution in [1.82, 2.24) is 9.21 Å². The van der Waals surface area contributed by atoms with Gasteiger partial charge in [-0.1, -0.05) is 48.5 Å². The fourth-order valence-corrected chi connectivity index (χ4v) is 5.03. The normalized spacial score (nSPS) is 19.2. The van der Waals surface area contributed by atoms with E-state index in [1.807, 2.05) is 0 Å². The Morgan fingerprint density at radius 3 is 1.88 bits per heavy atom. The Kier molecular flexibility index (Phi) is 3.95. The zero-order valence-electron chi connectivity index (χ0n) is 13.9. The van der Waals surface area contributed by atoms with Crippen LogP contribution in [0, 0.1) is 0 Å². The van der Waals surface area contributed by atoms with E-state index in [1.54, 1.807) is 11.2 Å². The van der Waals surface area contributed by atoms with E-state index < -0.39 is 10.0 Å². The van der Waals surface area contributed by atoms with Gasteiger partial charge in [0.2, 0.25) is 10.0 Å². The van der Waals surface area contributed by atoms with Crippen molar-refractivity contribution >= 4 is 10.0 Å². The first-order valence-electron chi connectivity index (χ1n) is 8.52. The molecule has 126 valence electrons. The molecule has 1 fully saturated rings. The molecule has 0 unspecified atom stereocenters. The highest BCUT2D eigenvalue weighted by Crippen LogP contribution is 2.46. The van der Waals surface area contributed by atoms with Crippen LogP contribution in [0.5, 0.6) is 0 Å². The Labute approximate surface area is 143 Å². The lowest BCUT2D eigenvalue weighted by molar-refractivity contribution is 0.158. The van der Waals surface area contributed by atoms with E-state index in [0.717, 1.165) is 13.1 Å². The highest BCUT2D eigenvalue weighted by molar-refractivity contribution is 7.89. The van der Waals surface area contributed by atoms with Gasteiger partial charge in [0, 0.05) is 26.2 Å². The number of benzene rings is 2. The minimum Gasteiger partial charge on any atom is -0.290 e. The molecule has 0 bridgehead atoms. The summed E-state index contributed by atoms with van der Waals surface area (Å²) in [5, 5.41) is 0. The molecular formula is C19H22N2O2S. The monoisotopic (exact) mass is 342 g/mol. The minimum absolute atomic E-state index is 0.183. The van der Waals surface area contributed by atoms with E-state index >= 15 is 0 Å². The predicted octanol–water partition coefficient (Wildman–Crippen LogP) is 2.72. The Morgan fingerprint density at radius 2 is 1.38 bits per heavy atom. The molecule has 0 N–H and O–H groups in total. The number of hydrogen-bond acceptors (Lipinski definition) is 3. The summed E-state index contributed by atoms with van der Waals surface area (Å²) in [6.07, 6.45) is 0. The van der Waals surface area contributed by atoms with Crippen molar-refractivity contribution in [1.29, 1.82) is 0 Å². The molecule has 4 nitrogen and oxygen atoms in total. The lowest BCUT2D eigenvalue weighted by Crippen LogP contribution is -2.49. The fourth-order valence-electron chi connectivity index (χ4n) is 3.94. The quantitative estimate of drug-likeness (QED) is 0.861. The molecule has 0 radical (unpaired) electrons. The maximum Gasteiger partial charge on any atom is 0.213 e. The van der Waals surface area contributed by atoms with E-state index in [9.17, 15) is 8.42 Å². The average Bonchev–Trinajstić information content (AvgIpc) is 2.96. The van der Waals surface area contributed by atoms with Crippen LogP contribution in [0.25, 0.3) is 11.1 Å². The van der Waals surface area contributed by atoms with Gasteiger partial charge < -0.3 is 0 Å². The molecule has 0 saturated carbocycles. The summed E-state index contributed by atoms with van der Waals surface area (Å²) in [6.45, 7) is 4.41. The summed E-state index contributed by atoms with van der Waals surface area (Å²) in [5.74, 6) is 0.183. The first-order chi connectivity index (χ1) is 11.6. The Bertz CT molecular complexity index is 810. The van der Waals surface area contributed by atoms with Gasteiger partial charge in [0.15, 0.2) is 0 Å². The van der Waals surface area contributed by atoms with Crippen LogP contribution in [0.15, 0.2) is 48.5 Å². The molecule has 1 heterocycles. The van der Waals surface area contributed by atoms with Crippen LogP contribution in [0.4, 0.5) is 0 Å². The van der Waals surface area contributed by atoms with E-state index in [0.29, 0.717) is 13.1 Å². The zero-order chi connectivity index (χ0) is 16.7. The maximum absolute atomic E-state index is 12.1. The van der Waals surface area contributed by atoms with Crippen molar-refractivity contribution in [2.75, 3.05) is 31.9 Å². The average molecular weight is 342 g/mol. The zero-order valence-corrected chi connectivity index (χ0v) is 14.7. The van der Waals surface area contributed by atoms with E-state index in [1.165, 1.54) is 22.3 Å². The molecule has 1 aliphatic heterocycles. The van der Waals surface area contributed by atoms with Crippen LogP contribution in [0.2, 0.25) is 0 Å². The standard InChI is InChI=1S/C19H22N2O2S/c1-2-24(22,23)21-13-11-20(12-14-21)19-17-9-5-3-7-15(17)16-8-4-6-10-18(16)19/h3-10,19H,2,11-14H2,1H3. The first kappa shape index (κ1) is 15.8. The van der Waals surface area contributed by atoms with Gasteiger partial charge in [0.05, 0.1) is 11.8 Å². The molecule has 5 heteroatoms. The smallest absolute Gasteiger partial charge is 0.213 e. The highest BCUT2D eigenvalue weighted by Gasteiger charge is 2.35. The van der Waals surface area contributed by atoms with Gasteiger partial charge in [0.1, 0.15) is 0 Å². The molecule has 0 aromatic heterocycles. The second kappa shape index (κ2) is 5.99. The third-order valence-corrected chi connectivity index (χ3v) is 7.08. The van der Waals surface area contributed by atoms with Gasteiger partial charge in [-0.2, -0.15) is 4.31 Å². The third-order valence-electron chi connectivity index (χ3n) is 5.20. The largest absolute Gasteiger partial charge is 0.290 e. The minimum atomic E-state index is -3.08.